The number of aliphatic hydroxyl groups is 1. The van der Waals surface area contributed by atoms with Gasteiger partial charge in [0.2, 0.25) is 0 Å². The largest absolute Gasteiger partial charge is 0.380 e. The molecule has 1 atom stereocenters. The second-order valence-corrected chi connectivity index (χ2v) is 5.56. The summed E-state index contributed by atoms with van der Waals surface area (Å²) in [5, 5.41) is 14.6. The minimum absolute atomic E-state index is 0.388. The van der Waals surface area contributed by atoms with Crippen molar-refractivity contribution >= 4 is 15.9 Å². The molecule has 0 bridgehead atoms. The van der Waals surface area contributed by atoms with Gasteiger partial charge in [-0.2, -0.15) is 5.10 Å². The molecule has 0 radical (unpaired) electrons. The Kier molecular flexibility index (Phi) is 4.85. The molecule has 0 aliphatic heterocycles. The second-order valence-electron chi connectivity index (χ2n) is 4.71. The number of halogens is 2. The maximum atomic E-state index is 12.9. The molecular formula is C13H16BrFN4O. The first-order valence-electron chi connectivity index (χ1n) is 6.14. The lowest BCUT2D eigenvalue weighted by Gasteiger charge is -2.15. The Labute approximate surface area is 125 Å². The smallest absolute Gasteiger partial charge is 0.141 e. The standard InChI is InChI=1S/C13H16BrFN4O/c1-18(2)5-6-19-12(10(14)8-17-19)13(20)11-4-3-9(15)7-16-11/h3-4,7-8,13,20H,5-6H2,1-2H3. The lowest BCUT2D eigenvalue weighted by molar-refractivity contribution is 0.200. The van der Waals surface area contributed by atoms with Crippen molar-refractivity contribution in [1.29, 1.82) is 0 Å². The SMILES string of the molecule is CN(C)CCn1ncc(Br)c1C(O)c1ccc(F)cn1. The first-order valence-corrected chi connectivity index (χ1v) is 6.94. The van der Waals surface area contributed by atoms with E-state index >= 15 is 0 Å². The molecule has 0 aliphatic carbocycles. The van der Waals surface area contributed by atoms with E-state index in [0.717, 1.165) is 12.7 Å². The van der Waals surface area contributed by atoms with Gasteiger partial charge >= 0.3 is 0 Å². The van der Waals surface area contributed by atoms with Crippen LogP contribution in [0, 0.1) is 5.82 Å². The van der Waals surface area contributed by atoms with Crippen LogP contribution in [0.5, 0.6) is 0 Å². The van der Waals surface area contributed by atoms with E-state index in [0.29, 0.717) is 22.4 Å². The highest BCUT2D eigenvalue weighted by Gasteiger charge is 2.20. The molecule has 2 rings (SSSR count). The van der Waals surface area contributed by atoms with Crippen molar-refractivity contribution in [3.05, 3.63) is 46.2 Å². The van der Waals surface area contributed by atoms with Crippen molar-refractivity contribution < 1.29 is 9.50 Å². The van der Waals surface area contributed by atoms with E-state index < -0.39 is 11.9 Å². The third-order valence-corrected chi connectivity index (χ3v) is 3.49. The molecule has 5 nitrogen and oxygen atoms in total. The monoisotopic (exact) mass is 342 g/mol. The summed E-state index contributed by atoms with van der Waals surface area (Å²) in [5.41, 5.74) is 1.00. The van der Waals surface area contributed by atoms with Gasteiger partial charge in [0, 0.05) is 6.54 Å². The molecule has 2 aromatic rings. The van der Waals surface area contributed by atoms with E-state index in [1.54, 1.807) is 10.9 Å². The van der Waals surface area contributed by atoms with Gasteiger partial charge in [0.15, 0.2) is 0 Å². The third kappa shape index (κ3) is 3.41. The zero-order valence-electron chi connectivity index (χ0n) is 11.3. The Balaban J connectivity index is 2.26. The van der Waals surface area contributed by atoms with Crippen LogP contribution in [0.15, 0.2) is 29.0 Å². The summed E-state index contributed by atoms with van der Waals surface area (Å²) in [6.45, 7) is 1.44. The maximum Gasteiger partial charge on any atom is 0.141 e. The molecule has 0 saturated heterocycles. The fraction of sp³-hybridized carbons (Fsp3) is 0.385. The summed E-state index contributed by atoms with van der Waals surface area (Å²) in [6, 6.07) is 2.75. The van der Waals surface area contributed by atoms with E-state index in [-0.39, 0.29) is 0 Å². The predicted molar refractivity (Wildman–Crippen MR) is 76.7 cm³/mol. The van der Waals surface area contributed by atoms with Crippen LogP contribution in [-0.4, -0.2) is 45.4 Å². The molecule has 1 N–H and O–H groups in total. The average molecular weight is 343 g/mol. The van der Waals surface area contributed by atoms with Crippen LogP contribution in [0.1, 0.15) is 17.5 Å². The molecule has 0 fully saturated rings. The Morgan fingerprint density at radius 3 is 2.75 bits per heavy atom. The number of hydrogen-bond donors (Lipinski definition) is 1. The van der Waals surface area contributed by atoms with Crippen molar-refractivity contribution in [2.24, 2.45) is 0 Å². The van der Waals surface area contributed by atoms with E-state index in [9.17, 15) is 9.50 Å². The van der Waals surface area contributed by atoms with Crippen LogP contribution < -0.4 is 0 Å². The van der Waals surface area contributed by atoms with Crippen LogP contribution in [-0.2, 0) is 6.54 Å². The van der Waals surface area contributed by atoms with Crippen molar-refractivity contribution in [3.63, 3.8) is 0 Å². The predicted octanol–water partition coefficient (Wildman–Crippen LogP) is 1.82. The first-order chi connectivity index (χ1) is 9.49. The lowest BCUT2D eigenvalue weighted by atomic mass is 10.1. The van der Waals surface area contributed by atoms with Gasteiger partial charge in [-0.3, -0.25) is 9.67 Å². The van der Waals surface area contributed by atoms with Crippen molar-refractivity contribution in [3.8, 4) is 0 Å². The average Bonchev–Trinajstić information content (AvgIpc) is 2.77. The van der Waals surface area contributed by atoms with Gasteiger partial charge in [-0.25, -0.2) is 4.39 Å². The van der Waals surface area contributed by atoms with Gasteiger partial charge in [0.05, 0.1) is 34.8 Å². The molecule has 2 heterocycles. The molecule has 0 spiro atoms. The molecule has 0 amide bonds. The Morgan fingerprint density at radius 1 is 1.40 bits per heavy atom. The van der Waals surface area contributed by atoms with Gasteiger partial charge in [-0.05, 0) is 42.2 Å². The van der Waals surface area contributed by atoms with Crippen LogP contribution in [0.25, 0.3) is 0 Å². The van der Waals surface area contributed by atoms with Gasteiger partial charge in [-0.15, -0.1) is 0 Å². The zero-order valence-corrected chi connectivity index (χ0v) is 12.9. The molecule has 7 heteroatoms. The van der Waals surface area contributed by atoms with E-state index in [4.69, 9.17) is 0 Å². The number of nitrogens with zero attached hydrogens (tertiary/aromatic N) is 4. The number of aliphatic hydroxyl groups excluding tert-OH is 1. The Hall–Kier alpha value is -1.31. The van der Waals surface area contributed by atoms with E-state index in [2.05, 4.69) is 26.0 Å². The highest BCUT2D eigenvalue weighted by molar-refractivity contribution is 9.10. The quantitative estimate of drug-likeness (QED) is 0.900. The lowest BCUT2D eigenvalue weighted by Crippen LogP contribution is -2.21. The summed E-state index contributed by atoms with van der Waals surface area (Å²) < 4.78 is 15.3. The Morgan fingerprint density at radius 2 is 2.15 bits per heavy atom. The minimum Gasteiger partial charge on any atom is -0.380 e. The topological polar surface area (TPSA) is 54.2 Å². The molecule has 0 aliphatic rings. The van der Waals surface area contributed by atoms with Crippen LogP contribution >= 0.6 is 15.9 Å². The van der Waals surface area contributed by atoms with Gasteiger partial charge in [-0.1, -0.05) is 0 Å². The molecular weight excluding hydrogens is 327 g/mol. The molecule has 20 heavy (non-hydrogen) atoms. The van der Waals surface area contributed by atoms with E-state index in [1.165, 1.54) is 12.1 Å². The number of likely N-dealkylation sites (N-methyl/N-ethyl adjacent to an activating group) is 1. The summed E-state index contributed by atoms with van der Waals surface area (Å²) in [7, 11) is 3.94. The summed E-state index contributed by atoms with van der Waals surface area (Å²) in [4.78, 5) is 5.94. The summed E-state index contributed by atoms with van der Waals surface area (Å²) in [5.74, 6) is -0.430. The summed E-state index contributed by atoms with van der Waals surface area (Å²) >= 11 is 3.38. The first kappa shape index (κ1) is 15.1. The van der Waals surface area contributed by atoms with Crippen LogP contribution in [0.2, 0.25) is 0 Å². The highest BCUT2D eigenvalue weighted by atomic mass is 79.9. The number of pyridine rings is 1. The molecule has 2 aromatic heterocycles. The third-order valence-electron chi connectivity index (χ3n) is 2.88. The van der Waals surface area contributed by atoms with Crippen molar-refractivity contribution in [2.45, 2.75) is 12.6 Å². The minimum atomic E-state index is -0.949. The van der Waals surface area contributed by atoms with Crippen molar-refractivity contribution in [2.75, 3.05) is 20.6 Å². The number of aromatic nitrogens is 3. The van der Waals surface area contributed by atoms with Crippen LogP contribution in [0.3, 0.4) is 0 Å². The van der Waals surface area contributed by atoms with Gasteiger partial charge in [0.25, 0.3) is 0 Å². The fourth-order valence-corrected chi connectivity index (χ4v) is 2.32. The normalized spacial score (nSPS) is 12.9. The highest BCUT2D eigenvalue weighted by Crippen LogP contribution is 2.27. The maximum absolute atomic E-state index is 12.9. The zero-order chi connectivity index (χ0) is 14.7. The molecule has 1 unspecified atom stereocenters. The van der Waals surface area contributed by atoms with Gasteiger partial charge in [0.1, 0.15) is 11.9 Å². The number of hydrogen-bond acceptors (Lipinski definition) is 4. The number of rotatable bonds is 5. The Bertz CT molecular complexity index is 570. The van der Waals surface area contributed by atoms with Gasteiger partial charge < -0.3 is 10.0 Å². The molecule has 0 saturated carbocycles. The van der Waals surface area contributed by atoms with E-state index in [1.807, 2.05) is 19.0 Å². The van der Waals surface area contributed by atoms with Crippen LogP contribution in [0.4, 0.5) is 4.39 Å². The van der Waals surface area contributed by atoms with Crippen molar-refractivity contribution in [1.82, 2.24) is 19.7 Å². The summed E-state index contributed by atoms with van der Waals surface area (Å²) in [6.07, 6.45) is 1.78. The fourth-order valence-electron chi connectivity index (χ4n) is 1.81. The molecule has 108 valence electrons. The molecule has 0 aromatic carbocycles. The second kappa shape index (κ2) is 6.43.